The van der Waals surface area contributed by atoms with Gasteiger partial charge in [-0.25, -0.2) is 0 Å². The van der Waals surface area contributed by atoms with Crippen LogP contribution in [0.15, 0.2) is 0 Å². The summed E-state index contributed by atoms with van der Waals surface area (Å²) in [4.78, 5) is 0.729. The maximum absolute atomic E-state index is 3.57. The third-order valence-electron chi connectivity index (χ3n) is 1.02. The lowest BCUT2D eigenvalue weighted by atomic mass is 10.2. The van der Waals surface area contributed by atoms with Gasteiger partial charge in [-0.3, -0.25) is 0 Å². The smallest absolute Gasteiger partial charge is 0.0153 e. The first-order valence-electron chi connectivity index (χ1n) is 3.01. The van der Waals surface area contributed by atoms with E-state index in [-0.39, 0.29) is 11.0 Å². The molecular formula is C6H16Br2Si. The van der Waals surface area contributed by atoms with Gasteiger partial charge in [-0.15, -0.1) is 0 Å². The predicted octanol–water partition coefficient (Wildman–Crippen LogP) is 1.88. The fourth-order valence-electron chi connectivity index (χ4n) is 0.576. The summed E-state index contributed by atoms with van der Waals surface area (Å²) in [7, 11) is 0. The van der Waals surface area contributed by atoms with E-state index < -0.39 is 0 Å². The molecule has 0 radical (unpaired) electrons. The Kier molecular flexibility index (Phi) is 13.1. The van der Waals surface area contributed by atoms with E-state index in [4.69, 9.17) is 0 Å². The molecule has 0 N–H and O–H groups in total. The zero-order chi connectivity index (χ0) is 6.41. The molecule has 0 bridgehead atoms. The van der Waals surface area contributed by atoms with Gasteiger partial charge in [0.05, 0.1) is 0 Å². The molecule has 9 heavy (non-hydrogen) atoms. The Hall–Kier alpha value is 1.18. The van der Waals surface area contributed by atoms with Crippen molar-refractivity contribution in [1.29, 1.82) is 0 Å². The van der Waals surface area contributed by atoms with E-state index in [0.717, 1.165) is 10.2 Å². The molecule has 0 nitrogen and oxygen atoms in total. The van der Waals surface area contributed by atoms with Crippen LogP contribution >= 0.6 is 31.9 Å². The third-order valence-corrected chi connectivity index (χ3v) is 2.40. The topological polar surface area (TPSA) is 0 Å². The van der Waals surface area contributed by atoms with E-state index in [2.05, 4.69) is 38.8 Å². The first kappa shape index (κ1) is 12.8. The summed E-state index contributed by atoms with van der Waals surface area (Å²) >= 11 is 6.96. The zero-order valence-electron chi connectivity index (χ0n) is 5.16. The quantitative estimate of drug-likeness (QED) is 0.543. The van der Waals surface area contributed by atoms with Crippen molar-refractivity contribution in [2.24, 2.45) is 0 Å². The molecule has 0 aromatic heterocycles. The molecule has 0 saturated heterocycles. The van der Waals surface area contributed by atoms with Crippen molar-refractivity contribution in [2.45, 2.75) is 31.0 Å². The van der Waals surface area contributed by atoms with Crippen LogP contribution in [0.4, 0.5) is 0 Å². The molecular weight excluding hydrogens is 260 g/mol. The molecule has 0 aliphatic rings. The molecule has 0 aromatic carbocycles. The number of hydrogen-bond donors (Lipinski definition) is 0. The van der Waals surface area contributed by atoms with Crippen molar-refractivity contribution in [1.82, 2.24) is 0 Å². The maximum Gasteiger partial charge on any atom is 0.0153 e. The molecule has 0 aromatic rings. The fraction of sp³-hybridized carbons (Fsp3) is 1.00. The van der Waals surface area contributed by atoms with Gasteiger partial charge in [0.15, 0.2) is 0 Å². The summed E-state index contributed by atoms with van der Waals surface area (Å²) in [5, 5.41) is 1.11. The zero-order valence-corrected chi connectivity index (χ0v) is 8.33. The first-order chi connectivity index (χ1) is 3.81. The van der Waals surface area contributed by atoms with Crippen LogP contribution in [0, 0.1) is 0 Å². The standard InChI is InChI=1S/C6H12Br2.H4Si/c1-2-3-6(8)4-5-7;/h6H,2-5H2,1H3;1H4. The predicted molar refractivity (Wildman–Crippen MR) is 57.4 cm³/mol. The molecule has 0 spiro atoms. The second-order valence-electron chi connectivity index (χ2n) is 1.86. The molecule has 0 heterocycles. The van der Waals surface area contributed by atoms with Crippen LogP contribution < -0.4 is 0 Å². The van der Waals surface area contributed by atoms with Gasteiger partial charge in [-0.2, -0.15) is 0 Å². The van der Waals surface area contributed by atoms with Gasteiger partial charge >= 0.3 is 0 Å². The van der Waals surface area contributed by atoms with Crippen molar-refractivity contribution < 1.29 is 0 Å². The van der Waals surface area contributed by atoms with Gasteiger partial charge in [-0.05, 0) is 23.8 Å². The normalized spacial score (nSPS) is 12.3. The van der Waals surface area contributed by atoms with Crippen LogP contribution in [0.2, 0.25) is 0 Å². The number of halogens is 2. The van der Waals surface area contributed by atoms with E-state index in [1.165, 1.54) is 19.3 Å². The highest BCUT2D eigenvalue weighted by Crippen LogP contribution is 2.12. The van der Waals surface area contributed by atoms with E-state index in [9.17, 15) is 0 Å². The molecule has 0 rings (SSSR count). The monoisotopic (exact) mass is 274 g/mol. The SMILES string of the molecule is CCCC(Br)CCBr.[SiH4]. The van der Waals surface area contributed by atoms with Crippen LogP contribution in [0.1, 0.15) is 26.2 Å². The van der Waals surface area contributed by atoms with Gasteiger partial charge in [0, 0.05) is 10.2 Å². The molecule has 0 amide bonds. The molecule has 0 fully saturated rings. The molecule has 1 unspecified atom stereocenters. The lowest BCUT2D eigenvalue weighted by Crippen LogP contribution is -1.96. The Morgan fingerprint density at radius 1 is 1.33 bits per heavy atom. The Morgan fingerprint density at radius 2 is 1.89 bits per heavy atom. The molecule has 3 heteroatoms. The van der Waals surface area contributed by atoms with E-state index in [1.54, 1.807) is 0 Å². The largest absolute Gasteiger partial charge is 0.0928 e. The number of rotatable bonds is 4. The highest BCUT2D eigenvalue weighted by Gasteiger charge is 1.98. The van der Waals surface area contributed by atoms with Crippen LogP contribution in [-0.4, -0.2) is 21.1 Å². The molecule has 0 saturated carbocycles. The van der Waals surface area contributed by atoms with E-state index in [0.29, 0.717) is 0 Å². The lowest BCUT2D eigenvalue weighted by Gasteiger charge is -2.02. The average molecular weight is 276 g/mol. The van der Waals surface area contributed by atoms with Crippen molar-refractivity contribution in [3.8, 4) is 0 Å². The minimum Gasteiger partial charge on any atom is -0.0928 e. The summed E-state index contributed by atoms with van der Waals surface area (Å²) in [6.07, 6.45) is 3.82. The molecule has 58 valence electrons. The van der Waals surface area contributed by atoms with Crippen molar-refractivity contribution in [3.05, 3.63) is 0 Å². The van der Waals surface area contributed by atoms with Crippen LogP contribution in [0.3, 0.4) is 0 Å². The summed E-state index contributed by atoms with van der Waals surface area (Å²) in [6.45, 7) is 2.21. The lowest BCUT2D eigenvalue weighted by molar-refractivity contribution is 0.736. The van der Waals surface area contributed by atoms with Gasteiger partial charge < -0.3 is 0 Å². The van der Waals surface area contributed by atoms with Crippen molar-refractivity contribution in [3.63, 3.8) is 0 Å². The summed E-state index contributed by atoms with van der Waals surface area (Å²) < 4.78 is 0. The van der Waals surface area contributed by atoms with Gasteiger partial charge in [0.25, 0.3) is 0 Å². The molecule has 1 atom stereocenters. The van der Waals surface area contributed by atoms with Crippen LogP contribution in [0.5, 0.6) is 0 Å². The van der Waals surface area contributed by atoms with Gasteiger partial charge in [-0.1, -0.05) is 45.2 Å². The average Bonchev–Trinajstić information content (AvgIpc) is 1.68. The highest BCUT2D eigenvalue weighted by atomic mass is 79.9. The van der Waals surface area contributed by atoms with E-state index in [1.807, 2.05) is 0 Å². The van der Waals surface area contributed by atoms with Gasteiger partial charge in [0.2, 0.25) is 0 Å². The van der Waals surface area contributed by atoms with Crippen LogP contribution in [-0.2, 0) is 0 Å². The number of alkyl halides is 2. The summed E-state index contributed by atoms with van der Waals surface area (Å²) in [5.41, 5.74) is 0. The third kappa shape index (κ3) is 9.18. The minimum absolute atomic E-state index is 0. The Morgan fingerprint density at radius 3 is 2.22 bits per heavy atom. The Labute approximate surface area is 79.1 Å². The second kappa shape index (κ2) is 9.18. The Bertz CT molecular complexity index is 44.3. The maximum atomic E-state index is 3.57. The summed E-state index contributed by atoms with van der Waals surface area (Å²) in [5.74, 6) is 0. The summed E-state index contributed by atoms with van der Waals surface area (Å²) in [6, 6.07) is 0. The van der Waals surface area contributed by atoms with E-state index >= 15 is 0 Å². The van der Waals surface area contributed by atoms with Gasteiger partial charge in [0.1, 0.15) is 0 Å². The molecule has 0 aliphatic carbocycles. The number of hydrogen-bond acceptors (Lipinski definition) is 0. The highest BCUT2D eigenvalue weighted by molar-refractivity contribution is 9.10. The van der Waals surface area contributed by atoms with Crippen molar-refractivity contribution in [2.75, 3.05) is 5.33 Å². The fourth-order valence-corrected chi connectivity index (χ4v) is 2.43. The first-order valence-corrected chi connectivity index (χ1v) is 5.05. The van der Waals surface area contributed by atoms with Crippen LogP contribution in [0.25, 0.3) is 0 Å². The van der Waals surface area contributed by atoms with Crippen molar-refractivity contribution >= 4 is 42.8 Å². The molecule has 0 aliphatic heterocycles. The Balaban J connectivity index is 0. The second-order valence-corrected chi connectivity index (χ2v) is 3.95. The minimum atomic E-state index is 0.